The zero-order chi connectivity index (χ0) is 51.7. The molecule has 1 heterocycles. The first-order chi connectivity index (χ1) is 33.5. The summed E-state index contributed by atoms with van der Waals surface area (Å²) in [4.78, 5) is 9.34. The van der Waals surface area contributed by atoms with Crippen LogP contribution >= 0.6 is 36.0 Å². The van der Waals surface area contributed by atoms with Crippen LogP contribution in [-0.2, 0) is 62.8 Å². The van der Waals surface area contributed by atoms with Crippen LogP contribution in [0.15, 0.2) is 124 Å². The van der Waals surface area contributed by atoms with E-state index >= 15 is 0 Å². The summed E-state index contributed by atoms with van der Waals surface area (Å²) in [6.45, 7) is 1.17. The number of nitrogen functional groups attached to an aromatic ring is 1. The Kier molecular flexibility index (Phi) is 28.4. The Morgan fingerprint density at radius 1 is 0.653 bits per heavy atom. The van der Waals surface area contributed by atoms with Crippen LogP contribution in [0.4, 0.5) is 51.7 Å². The second-order valence-corrected chi connectivity index (χ2v) is 22.2. The number of fused-ring (bicyclic) bond motifs is 1. The second kappa shape index (κ2) is 30.7. The second-order valence-electron chi connectivity index (χ2n) is 13.7. The molecule has 0 amide bonds. The summed E-state index contributed by atoms with van der Waals surface area (Å²) in [5.74, 6) is -1.88. The van der Waals surface area contributed by atoms with Gasteiger partial charge in [-0.2, -0.15) is 19.3 Å². The molecule has 0 aliphatic rings. The minimum Gasteiger partial charge on any atom is -0.744 e. The largest absolute Gasteiger partial charge is 1.00 e. The van der Waals surface area contributed by atoms with Crippen molar-refractivity contribution < 1.29 is 200 Å². The molecule has 0 atom stereocenters. The molecule has 5 aromatic carbocycles. The number of nitrogens with one attached hydrogen (secondary N) is 2. The van der Waals surface area contributed by atoms with E-state index < -0.39 is 89.8 Å². The summed E-state index contributed by atoms with van der Waals surface area (Å²) in [6, 6.07) is 14.7. The molecule has 6 aromatic rings. The molecular formula is C36H29ClN10Na4O18S6. The first-order valence-electron chi connectivity index (χ1n) is 19.0. The van der Waals surface area contributed by atoms with E-state index in [1.165, 1.54) is 36.4 Å². The maximum atomic E-state index is 12.8. The molecule has 0 aliphatic heterocycles. The number of anilines is 5. The zero-order valence-electron chi connectivity index (χ0n) is 39.3. The van der Waals surface area contributed by atoms with Gasteiger partial charge in [0.05, 0.1) is 60.3 Å². The molecule has 39 heteroatoms. The molecule has 378 valence electrons. The Hall–Kier alpha value is -1.80. The molecule has 28 nitrogen and oxygen atoms in total. The molecule has 0 fully saturated rings. The third-order valence-electron chi connectivity index (χ3n) is 9.04. The van der Waals surface area contributed by atoms with E-state index in [0.717, 1.165) is 36.4 Å². The van der Waals surface area contributed by atoms with E-state index in [1.807, 2.05) is 0 Å². The van der Waals surface area contributed by atoms with Gasteiger partial charge in [0.2, 0.25) is 17.2 Å². The number of sulfone groups is 2. The summed E-state index contributed by atoms with van der Waals surface area (Å²) in [5.41, 5.74) is 4.29. The number of nitrogens with two attached hydrogens (primary N) is 1. The summed E-state index contributed by atoms with van der Waals surface area (Å²) in [6.07, 6.45) is 0.423. The third-order valence-corrected chi connectivity index (χ3v) is 15.6. The van der Waals surface area contributed by atoms with Gasteiger partial charge in [0, 0.05) is 22.1 Å². The van der Waals surface area contributed by atoms with Crippen LogP contribution in [0.2, 0.25) is 5.28 Å². The maximum absolute atomic E-state index is 12.8. The van der Waals surface area contributed by atoms with E-state index in [4.69, 9.17) is 17.3 Å². The Morgan fingerprint density at radius 3 is 1.84 bits per heavy atom. The van der Waals surface area contributed by atoms with Crippen molar-refractivity contribution in [3.8, 4) is 5.75 Å². The van der Waals surface area contributed by atoms with Crippen LogP contribution in [0.5, 0.6) is 5.75 Å². The predicted octanol–water partition coefficient (Wildman–Crippen LogP) is -6.90. The molecule has 0 saturated carbocycles. The summed E-state index contributed by atoms with van der Waals surface area (Å²) in [7, 11) is -18.5. The molecule has 75 heavy (non-hydrogen) atoms. The number of phenolic OH excluding ortho intramolecular Hbond substituents is 1. The van der Waals surface area contributed by atoms with E-state index in [1.54, 1.807) is 6.92 Å². The number of rotatable bonds is 23. The molecule has 0 aliphatic carbocycles. The van der Waals surface area contributed by atoms with Crippen molar-refractivity contribution >= 4 is 138 Å². The van der Waals surface area contributed by atoms with Gasteiger partial charge in [-0.15, -0.1) is 24.8 Å². The number of nitrogens with zero attached hydrogens (tertiary/aromatic N) is 7. The van der Waals surface area contributed by atoms with E-state index in [9.17, 15) is 58.4 Å². The topological polar surface area (TPSA) is 433 Å². The normalized spacial score (nSPS) is 11.9. The van der Waals surface area contributed by atoms with Gasteiger partial charge in [0.25, 0.3) is 0 Å². The standard InChI is InChI=1S/C36H33ClN10O18S6.4Na/c1-2-14-68(51,52)21-6-3-19(4-7-21)39-35-41-34(37)42-36(43-35)40-20-5-12-29(70(55,56)57)27(16-20)45-47-32-28(66-64-62-49)18-24-23(33(32)48)9-10-25(38)31(24)46-44-26-11-8-22(17-30(26)71(58,59)60)69(53,54)15-13-61-67-65-63-50;;;;/h3-12,16-18,48-50H,2,13-15,38H2,1H3,(H,55,56,57)(H,58,59,60)(H2,39,40,41,42,43);;;;/q;4*+1/p-4. The summed E-state index contributed by atoms with van der Waals surface area (Å²) < 4.78 is 138. The monoisotopic (exact) mass is 1210 g/mol. The van der Waals surface area contributed by atoms with Gasteiger partial charge in [-0.05, 0) is 96.9 Å². The third kappa shape index (κ3) is 18.9. The number of aromatic hydroxyl groups is 1. The first kappa shape index (κ1) is 69.3. The minimum absolute atomic E-state index is 0. The number of azo groups is 2. The Morgan fingerprint density at radius 2 is 1.23 bits per heavy atom. The van der Waals surface area contributed by atoms with Crippen molar-refractivity contribution in [2.45, 2.75) is 37.8 Å². The number of phenols is 1. The molecule has 0 bridgehead atoms. The van der Waals surface area contributed by atoms with Gasteiger partial charge >= 0.3 is 118 Å². The van der Waals surface area contributed by atoms with Crippen LogP contribution in [0.1, 0.15) is 13.3 Å². The number of hydrogen-bond donors (Lipinski definition) is 4. The quantitative estimate of drug-likeness (QED) is 0.00677. The SMILES string of the molecule is CCCS(=O)(=O)c1ccc(Nc2nc(Cl)nc(Nc3ccc(S(=O)(=O)[O-])c(N=Nc4c(SOO[O-])cc5c(N=Nc6ccc(S(=O)(=O)CCOSOO[O-])cc6S(=O)(=O)[O-])c(N)ccc5c4O)c3)n2)cc1.[Na+].[Na+].[Na+].[Na+]. The molecule has 0 spiro atoms. The fraction of sp³-hybridized carbons (Fsp3) is 0.139. The maximum Gasteiger partial charge on any atom is 1.00 e. The average Bonchev–Trinajstić information content (AvgIpc) is 3.29. The molecule has 0 saturated heterocycles. The minimum atomic E-state index is -5.44. The van der Waals surface area contributed by atoms with Crippen LogP contribution in [0.25, 0.3) is 10.8 Å². The zero-order valence-corrected chi connectivity index (χ0v) is 52.9. The van der Waals surface area contributed by atoms with E-state index in [-0.39, 0.29) is 203 Å². The smallest absolute Gasteiger partial charge is 0.744 e. The molecule has 0 radical (unpaired) electrons. The van der Waals surface area contributed by atoms with E-state index in [0.29, 0.717) is 18.2 Å². The van der Waals surface area contributed by atoms with Crippen LogP contribution in [-0.4, -0.2) is 80.9 Å². The Bertz CT molecular complexity index is 3510. The molecule has 0 unspecified atom stereocenters. The van der Waals surface area contributed by atoms with Gasteiger partial charge in [0.15, 0.2) is 37.7 Å². The van der Waals surface area contributed by atoms with Crippen molar-refractivity contribution in [3.63, 3.8) is 0 Å². The Balaban J connectivity index is 0.00000481. The Labute approximate surface area is 528 Å². The molecular weight excluding hydrogens is 1180 g/mol. The predicted molar refractivity (Wildman–Crippen MR) is 243 cm³/mol. The fourth-order valence-corrected chi connectivity index (χ4v) is 10.7. The van der Waals surface area contributed by atoms with Gasteiger partial charge in [-0.3, -0.25) is 14.3 Å². The van der Waals surface area contributed by atoms with Crippen LogP contribution in [0.3, 0.4) is 0 Å². The fourth-order valence-electron chi connectivity index (χ4n) is 5.99. The summed E-state index contributed by atoms with van der Waals surface area (Å²) >= 11 is 6.32. The van der Waals surface area contributed by atoms with Crippen molar-refractivity contribution in [1.82, 2.24) is 15.0 Å². The van der Waals surface area contributed by atoms with Gasteiger partial charge in [-0.1, -0.05) is 6.92 Å². The number of halogens is 1. The van der Waals surface area contributed by atoms with Gasteiger partial charge < -0.3 is 41.1 Å². The van der Waals surface area contributed by atoms with E-state index in [2.05, 4.69) is 69.0 Å². The first-order valence-corrected chi connectivity index (χ1v) is 27.0. The molecule has 5 N–H and O–H groups in total. The number of hydrogen-bond acceptors (Lipinski definition) is 30. The van der Waals surface area contributed by atoms with Crippen LogP contribution in [0, 0.1) is 0 Å². The molecule has 1 aromatic heterocycles. The average molecular weight is 1210 g/mol. The number of benzene rings is 5. The molecule has 6 rings (SSSR count). The van der Waals surface area contributed by atoms with Crippen molar-refractivity contribution in [2.24, 2.45) is 20.5 Å². The number of aromatic nitrogens is 3. The van der Waals surface area contributed by atoms with Crippen molar-refractivity contribution in [1.29, 1.82) is 0 Å². The van der Waals surface area contributed by atoms with Crippen LogP contribution < -0.4 is 145 Å². The van der Waals surface area contributed by atoms with Gasteiger partial charge in [-0.25, -0.2) is 33.7 Å². The summed E-state index contributed by atoms with van der Waals surface area (Å²) in [5, 5.41) is 59.6. The van der Waals surface area contributed by atoms with Crippen molar-refractivity contribution in [3.05, 3.63) is 84.1 Å². The van der Waals surface area contributed by atoms with Crippen molar-refractivity contribution in [2.75, 3.05) is 34.5 Å². The van der Waals surface area contributed by atoms with Gasteiger partial charge in [0.1, 0.15) is 43.0 Å².